The van der Waals surface area contributed by atoms with E-state index in [2.05, 4.69) is 26.6 Å². The minimum atomic E-state index is 0.0513. The first kappa shape index (κ1) is 17.8. The Morgan fingerprint density at radius 3 is 2.70 bits per heavy atom. The highest BCUT2D eigenvalue weighted by Gasteiger charge is 2.19. The number of amides is 1. The molecular weight excluding hydrogens is 356 g/mol. The molecule has 1 aromatic heterocycles. The number of carbonyl (C=O) groups is 1. The molecule has 4 nitrogen and oxygen atoms in total. The van der Waals surface area contributed by atoms with Crippen molar-refractivity contribution >= 4 is 21.8 Å². The molecule has 1 heterocycles. The van der Waals surface area contributed by atoms with Crippen molar-refractivity contribution in [1.82, 2.24) is 9.47 Å². The van der Waals surface area contributed by atoms with Gasteiger partial charge in [-0.15, -0.1) is 0 Å². The Labute approximate surface area is 146 Å². The lowest BCUT2D eigenvalue weighted by atomic mass is 10.2. The predicted octanol–water partition coefficient (Wildman–Crippen LogP) is 3.97. The summed E-state index contributed by atoms with van der Waals surface area (Å²) in [6, 6.07) is 10.0. The molecule has 2 aromatic rings. The molecule has 1 amide bonds. The Bertz CT molecular complexity index is 694. The van der Waals surface area contributed by atoms with Crippen LogP contribution in [0.1, 0.15) is 28.2 Å². The van der Waals surface area contributed by atoms with Crippen molar-refractivity contribution in [2.75, 3.05) is 27.3 Å². The first-order valence-electron chi connectivity index (χ1n) is 7.65. The van der Waals surface area contributed by atoms with Gasteiger partial charge < -0.3 is 14.2 Å². The van der Waals surface area contributed by atoms with Crippen LogP contribution in [0.4, 0.5) is 0 Å². The molecule has 0 saturated carbocycles. The smallest absolute Gasteiger partial charge is 0.255 e. The van der Waals surface area contributed by atoms with Gasteiger partial charge in [-0.25, -0.2) is 0 Å². The number of hydrogen-bond acceptors (Lipinski definition) is 2. The average Bonchev–Trinajstić information content (AvgIpc) is 2.81. The predicted molar refractivity (Wildman–Crippen MR) is 96.4 cm³/mol. The molecule has 0 saturated heterocycles. The van der Waals surface area contributed by atoms with Crippen LogP contribution in [0.15, 0.2) is 34.8 Å². The molecule has 1 aromatic carbocycles. The van der Waals surface area contributed by atoms with Crippen LogP contribution >= 0.6 is 15.9 Å². The maximum atomic E-state index is 12.7. The van der Waals surface area contributed by atoms with E-state index in [-0.39, 0.29) is 5.91 Å². The molecule has 0 N–H and O–H groups in total. The van der Waals surface area contributed by atoms with Gasteiger partial charge in [0.2, 0.25) is 0 Å². The monoisotopic (exact) mass is 378 g/mol. The zero-order chi connectivity index (χ0) is 17.0. The number of aryl methyl sites for hydroxylation is 1. The van der Waals surface area contributed by atoms with E-state index in [9.17, 15) is 4.79 Å². The molecule has 0 unspecified atom stereocenters. The van der Waals surface area contributed by atoms with Gasteiger partial charge in [0.1, 0.15) is 0 Å². The summed E-state index contributed by atoms with van der Waals surface area (Å²) in [6.07, 6.45) is 0.836. The second-order valence-electron chi connectivity index (χ2n) is 5.67. The van der Waals surface area contributed by atoms with Crippen molar-refractivity contribution < 1.29 is 9.53 Å². The Hall–Kier alpha value is -1.59. The second kappa shape index (κ2) is 7.79. The van der Waals surface area contributed by atoms with E-state index in [1.54, 1.807) is 12.0 Å². The van der Waals surface area contributed by atoms with Gasteiger partial charge in [-0.05, 0) is 44.5 Å². The summed E-state index contributed by atoms with van der Waals surface area (Å²) < 4.78 is 8.18. The molecule has 0 radical (unpaired) electrons. The van der Waals surface area contributed by atoms with Gasteiger partial charge in [0.05, 0.1) is 5.56 Å². The highest BCUT2D eigenvalue weighted by Crippen LogP contribution is 2.24. The Balaban J connectivity index is 2.28. The minimum absolute atomic E-state index is 0.0513. The van der Waals surface area contributed by atoms with Crippen molar-refractivity contribution in [1.29, 1.82) is 0 Å². The Kier molecular flexibility index (Phi) is 6.02. The summed E-state index contributed by atoms with van der Waals surface area (Å²) >= 11 is 3.50. The lowest BCUT2D eigenvalue weighted by Gasteiger charge is -2.17. The third-order valence-electron chi connectivity index (χ3n) is 3.92. The highest BCUT2D eigenvalue weighted by atomic mass is 79.9. The van der Waals surface area contributed by atoms with Crippen LogP contribution in [0.5, 0.6) is 0 Å². The molecule has 0 aliphatic heterocycles. The molecule has 0 aliphatic carbocycles. The SMILES string of the molecule is COCCCN(C)C(=O)c1cc(C)n(-c2cccc(Br)c2)c1C. The Morgan fingerprint density at radius 1 is 1.30 bits per heavy atom. The number of halogens is 1. The van der Waals surface area contributed by atoms with Crippen LogP contribution in [-0.2, 0) is 4.74 Å². The van der Waals surface area contributed by atoms with E-state index in [1.807, 2.05) is 45.2 Å². The number of methoxy groups -OCH3 is 1. The standard InChI is InChI=1S/C18H23BrN2O2/c1-13-11-17(18(22)20(3)9-6-10-23-4)14(2)21(13)16-8-5-7-15(19)12-16/h5,7-8,11-12H,6,9-10H2,1-4H3. The van der Waals surface area contributed by atoms with Crippen LogP contribution < -0.4 is 0 Å². The molecule has 5 heteroatoms. The van der Waals surface area contributed by atoms with Crippen molar-refractivity contribution in [2.24, 2.45) is 0 Å². The van der Waals surface area contributed by atoms with Gasteiger partial charge >= 0.3 is 0 Å². The van der Waals surface area contributed by atoms with Crippen molar-refractivity contribution in [3.63, 3.8) is 0 Å². The largest absolute Gasteiger partial charge is 0.385 e. The molecule has 124 valence electrons. The molecule has 23 heavy (non-hydrogen) atoms. The normalized spacial score (nSPS) is 10.8. The fourth-order valence-corrected chi connectivity index (χ4v) is 3.13. The van der Waals surface area contributed by atoms with E-state index < -0.39 is 0 Å². The van der Waals surface area contributed by atoms with Gasteiger partial charge in [-0.1, -0.05) is 22.0 Å². The summed E-state index contributed by atoms with van der Waals surface area (Å²) in [6.45, 7) is 5.36. The van der Waals surface area contributed by atoms with E-state index in [0.717, 1.165) is 33.5 Å². The van der Waals surface area contributed by atoms with Gasteiger partial charge in [0.15, 0.2) is 0 Å². The average molecular weight is 379 g/mol. The van der Waals surface area contributed by atoms with Gasteiger partial charge in [-0.2, -0.15) is 0 Å². The van der Waals surface area contributed by atoms with Crippen LogP contribution in [0.25, 0.3) is 5.69 Å². The number of hydrogen-bond donors (Lipinski definition) is 0. The summed E-state index contributed by atoms with van der Waals surface area (Å²) in [5.41, 5.74) is 3.82. The molecule has 0 spiro atoms. The summed E-state index contributed by atoms with van der Waals surface area (Å²) in [4.78, 5) is 14.4. The third-order valence-corrected chi connectivity index (χ3v) is 4.41. The molecule has 0 fully saturated rings. The van der Waals surface area contributed by atoms with Crippen LogP contribution in [0.3, 0.4) is 0 Å². The quantitative estimate of drug-likeness (QED) is 0.712. The van der Waals surface area contributed by atoms with E-state index in [0.29, 0.717) is 13.2 Å². The maximum Gasteiger partial charge on any atom is 0.255 e. The molecule has 0 atom stereocenters. The first-order chi connectivity index (χ1) is 11.0. The Morgan fingerprint density at radius 2 is 2.04 bits per heavy atom. The van der Waals surface area contributed by atoms with Gasteiger partial charge in [0.25, 0.3) is 5.91 Å². The van der Waals surface area contributed by atoms with Crippen molar-refractivity contribution in [3.8, 4) is 5.69 Å². The van der Waals surface area contributed by atoms with Crippen molar-refractivity contribution in [3.05, 3.63) is 51.8 Å². The number of benzene rings is 1. The van der Waals surface area contributed by atoms with E-state index in [4.69, 9.17) is 4.74 Å². The number of carbonyl (C=O) groups excluding carboxylic acids is 1. The molecule has 0 aliphatic rings. The van der Waals surface area contributed by atoms with Gasteiger partial charge in [0, 0.05) is 48.9 Å². The van der Waals surface area contributed by atoms with Crippen LogP contribution in [0, 0.1) is 13.8 Å². The zero-order valence-corrected chi connectivity index (χ0v) is 15.7. The van der Waals surface area contributed by atoms with Crippen molar-refractivity contribution in [2.45, 2.75) is 20.3 Å². The second-order valence-corrected chi connectivity index (χ2v) is 6.59. The fraction of sp³-hybridized carbons (Fsp3) is 0.389. The zero-order valence-electron chi connectivity index (χ0n) is 14.1. The number of nitrogens with zero attached hydrogens (tertiary/aromatic N) is 2. The topological polar surface area (TPSA) is 34.5 Å². The van der Waals surface area contributed by atoms with Gasteiger partial charge in [-0.3, -0.25) is 4.79 Å². The molecular formula is C18H23BrN2O2. The lowest BCUT2D eigenvalue weighted by Crippen LogP contribution is -2.28. The number of rotatable bonds is 6. The fourth-order valence-electron chi connectivity index (χ4n) is 2.75. The summed E-state index contributed by atoms with van der Waals surface area (Å²) in [5.74, 6) is 0.0513. The first-order valence-corrected chi connectivity index (χ1v) is 8.44. The number of ether oxygens (including phenoxy) is 1. The minimum Gasteiger partial charge on any atom is -0.385 e. The lowest BCUT2D eigenvalue weighted by molar-refractivity contribution is 0.0778. The van der Waals surface area contributed by atoms with E-state index >= 15 is 0 Å². The summed E-state index contributed by atoms with van der Waals surface area (Å²) in [7, 11) is 3.51. The van der Waals surface area contributed by atoms with E-state index in [1.165, 1.54) is 0 Å². The number of aromatic nitrogens is 1. The van der Waals surface area contributed by atoms with Crippen LogP contribution in [0.2, 0.25) is 0 Å². The maximum absolute atomic E-state index is 12.7. The van der Waals surface area contributed by atoms with Crippen LogP contribution in [-0.4, -0.2) is 42.7 Å². The molecule has 0 bridgehead atoms. The highest BCUT2D eigenvalue weighted by molar-refractivity contribution is 9.10. The molecule has 2 rings (SSSR count). The third kappa shape index (κ3) is 4.03. The summed E-state index contributed by atoms with van der Waals surface area (Å²) in [5, 5.41) is 0.